The third-order valence-corrected chi connectivity index (χ3v) is 3.34. The van der Waals surface area contributed by atoms with Crippen molar-refractivity contribution in [3.8, 4) is 0 Å². The van der Waals surface area contributed by atoms with Crippen LogP contribution in [0, 0.1) is 17.3 Å². The molecule has 0 saturated heterocycles. The zero-order valence-electron chi connectivity index (χ0n) is 11.3. The minimum absolute atomic E-state index is 0.176. The predicted octanol–water partition coefficient (Wildman–Crippen LogP) is 4.12. The number of carboxylic acid groups (broad SMARTS) is 1. The molecule has 2 atom stereocenters. The van der Waals surface area contributed by atoms with Gasteiger partial charge >= 0.3 is 5.97 Å². The predicted molar refractivity (Wildman–Crippen MR) is 68.4 cm³/mol. The van der Waals surface area contributed by atoms with Crippen LogP contribution in [0.2, 0.25) is 0 Å². The van der Waals surface area contributed by atoms with Crippen LogP contribution >= 0.6 is 0 Å². The minimum Gasteiger partial charge on any atom is -0.481 e. The summed E-state index contributed by atoms with van der Waals surface area (Å²) in [6.07, 6.45) is 2.85. The molecule has 1 N–H and O–H groups in total. The molecule has 1 saturated carbocycles. The highest BCUT2D eigenvalue weighted by Gasteiger charge is 2.38. The molecule has 16 heavy (non-hydrogen) atoms. The van der Waals surface area contributed by atoms with Gasteiger partial charge in [0.25, 0.3) is 0 Å². The van der Waals surface area contributed by atoms with Gasteiger partial charge in [0, 0.05) is 0 Å². The first kappa shape index (κ1) is 15.2. The van der Waals surface area contributed by atoms with Crippen molar-refractivity contribution in [2.24, 2.45) is 17.3 Å². The topological polar surface area (TPSA) is 37.3 Å². The molecular weight excluding hydrogens is 200 g/mol. The molecule has 1 aliphatic rings. The van der Waals surface area contributed by atoms with Crippen molar-refractivity contribution in [2.75, 3.05) is 0 Å². The van der Waals surface area contributed by atoms with Gasteiger partial charge in [-0.15, -0.1) is 0 Å². The van der Waals surface area contributed by atoms with Gasteiger partial charge in [-0.3, -0.25) is 4.79 Å². The molecule has 2 nitrogen and oxygen atoms in total. The maximum atomic E-state index is 11.1. The molecule has 2 unspecified atom stereocenters. The molecule has 1 aliphatic carbocycles. The first-order valence-corrected chi connectivity index (χ1v) is 6.22. The van der Waals surface area contributed by atoms with Crippen LogP contribution in [0.1, 0.15) is 53.9 Å². The molecule has 0 aliphatic heterocycles. The molecule has 0 aromatic rings. The summed E-state index contributed by atoms with van der Waals surface area (Å²) >= 11 is 0. The minimum atomic E-state index is -0.661. The van der Waals surface area contributed by atoms with Gasteiger partial charge in [0.1, 0.15) is 0 Å². The van der Waals surface area contributed by atoms with Gasteiger partial charge in [-0.25, -0.2) is 0 Å². The first-order chi connectivity index (χ1) is 7.33. The fourth-order valence-corrected chi connectivity index (χ4v) is 2.44. The molecule has 0 spiro atoms. The van der Waals surface area contributed by atoms with Crippen LogP contribution in [0.25, 0.3) is 0 Å². The lowest BCUT2D eigenvalue weighted by Crippen LogP contribution is -2.35. The Morgan fingerprint density at radius 2 is 1.81 bits per heavy atom. The van der Waals surface area contributed by atoms with E-state index in [0.29, 0.717) is 0 Å². The Hall–Kier alpha value is -0.790. The highest BCUT2D eigenvalue weighted by atomic mass is 16.4. The van der Waals surface area contributed by atoms with Gasteiger partial charge < -0.3 is 5.11 Å². The average molecular weight is 226 g/mol. The molecule has 1 rings (SSSR count). The van der Waals surface area contributed by atoms with Crippen LogP contribution in [-0.2, 0) is 4.79 Å². The van der Waals surface area contributed by atoms with Gasteiger partial charge in [0.05, 0.1) is 5.92 Å². The third-order valence-electron chi connectivity index (χ3n) is 3.34. The lowest BCUT2D eigenvalue weighted by Gasteiger charge is -2.39. The lowest BCUT2D eigenvalue weighted by atomic mass is 9.65. The molecular formula is C14H26O2. The Bertz CT molecular complexity index is 253. The van der Waals surface area contributed by atoms with E-state index in [9.17, 15) is 4.79 Å². The smallest absolute Gasteiger partial charge is 0.307 e. The lowest BCUT2D eigenvalue weighted by molar-refractivity contribution is -0.146. The van der Waals surface area contributed by atoms with Crippen molar-refractivity contribution >= 4 is 5.97 Å². The zero-order valence-corrected chi connectivity index (χ0v) is 11.3. The van der Waals surface area contributed by atoms with Crippen molar-refractivity contribution in [1.29, 1.82) is 0 Å². The van der Waals surface area contributed by atoms with E-state index >= 15 is 0 Å². The van der Waals surface area contributed by atoms with Gasteiger partial charge in [0.15, 0.2) is 0 Å². The maximum Gasteiger partial charge on any atom is 0.307 e. The molecule has 0 amide bonds. The monoisotopic (exact) mass is 226 g/mol. The van der Waals surface area contributed by atoms with Crippen molar-refractivity contribution < 1.29 is 9.90 Å². The first-order valence-electron chi connectivity index (χ1n) is 6.22. The molecule has 0 aromatic carbocycles. The van der Waals surface area contributed by atoms with Crippen molar-refractivity contribution in [3.05, 3.63) is 12.2 Å². The number of carboxylic acids is 1. The molecule has 0 heterocycles. The van der Waals surface area contributed by atoms with E-state index in [0.717, 1.165) is 24.8 Å². The zero-order chi connectivity index (χ0) is 12.9. The second kappa shape index (κ2) is 6.07. The highest BCUT2D eigenvalue weighted by molar-refractivity contribution is 5.71. The molecule has 0 aromatic heterocycles. The number of aliphatic carboxylic acids is 1. The largest absolute Gasteiger partial charge is 0.481 e. The Morgan fingerprint density at radius 1 is 1.31 bits per heavy atom. The molecule has 1 fully saturated rings. The maximum absolute atomic E-state index is 11.1. The van der Waals surface area contributed by atoms with Crippen LogP contribution in [0.3, 0.4) is 0 Å². The van der Waals surface area contributed by atoms with E-state index in [4.69, 9.17) is 5.11 Å². The van der Waals surface area contributed by atoms with E-state index in [-0.39, 0.29) is 17.3 Å². The van der Waals surface area contributed by atoms with E-state index in [1.54, 1.807) is 0 Å². The second-order valence-electron chi connectivity index (χ2n) is 5.30. The Kier molecular flexibility index (Phi) is 5.77. The number of hydrogen-bond donors (Lipinski definition) is 1. The van der Waals surface area contributed by atoms with Crippen LogP contribution < -0.4 is 0 Å². The van der Waals surface area contributed by atoms with Gasteiger partial charge in [0.2, 0.25) is 0 Å². The second-order valence-corrected chi connectivity index (χ2v) is 5.30. The average Bonchev–Trinajstić information content (AvgIpc) is 2.18. The number of hydrogen-bond acceptors (Lipinski definition) is 1. The van der Waals surface area contributed by atoms with Gasteiger partial charge in [-0.2, -0.15) is 0 Å². The molecule has 2 heteroatoms. The SMILES string of the molecule is C=C(C)C1CCC(C)(C)CC1C(=O)O.CC. The Morgan fingerprint density at radius 3 is 2.19 bits per heavy atom. The molecule has 0 radical (unpaired) electrons. The van der Waals surface area contributed by atoms with Crippen molar-refractivity contribution in [2.45, 2.75) is 53.9 Å². The third kappa shape index (κ3) is 3.99. The van der Waals surface area contributed by atoms with Crippen LogP contribution in [0.15, 0.2) is 12.2 Å². The Balaban J connectivity index is 0.00000106. The van der Waals surface area contributed by atoms with Crippen molar-refractivity contribution in [1.82, 2.24) is 0 Å². The van der Waals surface area contributed by atoms with Crippen LogP contribution in [0.5, 0.6) is 0 Å². The fraction of sp³-hybridized carbons (Fsp3) is 0.786. The summed E-state index contributed by atoms with van der Waals surface area (Å²) < 4.78 is 0. The van der Waals surface area contributed by atoms with E-state index in [1.165, 1.54) is 0 Å². The Labute approximate surface area is 99.7 Å². The van der Waals surface area contributed by atoms with E-state index in [1.807, 2.05) is 20.8 Å². The molecule has 0 bridgehead atoms. The van der Waals surface area contributed by atoms with Crippen molar-refractivity contribution in [3.63, 3.8) is 0 Å². The normalized spacial score (nSPS) is 27.6. The summed E-state index contributed by atoms with van der Waals surface area (Å²) in [5.74, 6) is -0.706. The number of rotatable bonds is 2. The highest BCUT2D eigenvalue weighted by Crippen LogP contribution is 2.44. The number of carbonyl (C=O) groups is 1. The fourth-order valence-electron chi connectivity index (χ4n) is 2.44. The van der Waals surface area contributed by atoms with Crippen LogP contribution in [-0.4, -0.2) is 11.1 Å². The van der Waals surface area contributed by atoms with Crippen LogP contribution in [0.4, 0.5) is 0 Å². The summed E-state index contributed by atoms with van der Waals surface area (Å²) in [5, 5.41) is 9.15. The quantitative estimate of drug-likeness (QED) is 0.719. The summed E-state index contributed by atoms with van der Waals surface area (Å²) in [4.78, 5) is 11.1. The summed E-state index contributed by atoms with van der Waals surface area (Å²) in [6, 6.07) is 0. The van der Waals surface area contributed by atoms with Gasteiger partial charge in [-0.1, -0.05) is 39.8 Å². The summed E-state index contributed by atoms with van der Waals surface area (Å²) in [7, 11) is 0. The standard InChI is InChI=1S/C12H20O2.C2H6/c1-8(2)9-5-6-12(3,4)7-10(9)11(13)14;1-2/h9-10H,1,5-7H2,2-4H3,(H,13,14);1-2H3. The number of allylic oxidation sites excluding steroid dienone is 1. The summed E-state index contributed by atoms with van der Waals surface area (Å²) in [5.41, 5.74) is 1.20. The molecule has 94 valence electrons. The van der Waals surface area contributed by atoms with E-state index in [2.05, 4.69) is 20.4 Å². The summed E-state index contributed by atoms with van der Waals surface area (Å²) in [6.45, 7) is 14.1. The van der Waals surface area contributed by atoms with Gasteiger partial charge in [-0.05, 0) is 37.5 Å². The van der Waals surface area contributed by atoms with E-state index < -0.39 is 5.97 Å².